The van der Waals surface area contributed by atoms with Crippen LogP contribution in [0, 0.1) is 0 Å². The van der Waals surface area contributed by atoms with Crippen molar-refractivity contribution in [3.63, 3.8) is 0 Å². The maximum atomic E-state index is 12.6. The Morgan fingerprint density at radius 3 is 3.08 bits per heavy atom. The minimum absolute atomic E-state index is 0.0473. The quantitative estimate of drug-likeness (QED) is 0.686. The van der Waals surface area contributed by atoms with Crippen LogP contribution in [-0.4, -0.2) is 38.2 Å². The molecule has 0 N–H and O–H groups in total. The van der Waals surface area contributed by atoms with Crippen LogP contribution in [0.3, 0.4) is 0 Å². The van der Waals surface area contributed by atoms with Gasteiger partial charge in [-0.15, -0.1) is 0 Å². The smallest absolute Gasteiger partial charge is 0.345 e. The van der Waals surface area contributed by atoms with Crippen LogP contribution in [0.4, 0.5) is 0 Å². The van der Waals surface area contributed by atoms with E-state index in [4.69, 9.17) is 9.47 Å². The van der Waals surface area contributed by atoms with Gasteiger partial charge in [-0.2, -0.15) is 10.2 Å². The molecule has 0 fully saturated rings. The van der Waals surface area contributed by atoms with Gasteiger partial charge >= 0.3 is 5.97 Å². The van der Waals surface area contributed by atoms with Crippen LogP contribution in [0.25, 0.3) is 22.2 Å². The van der Waals surface area contributed by atoms with Gasteiger partial charge in [-0.05, 0) is 26.0 Å². The first-order chi connectivity index (χ1) is 12.1. The molecule has 4 rings (SSSR count). The van der Waals surface area contributed by atoms with Crippen molar-refractivity contribution in [2.45, 2.75) is 32.9 Å². The molecule has 1 aliphatic rings. The Bertz CT molecular complexity index is 957. The lowest BCUT2D eigenvalue weighted by atomic mass is 10.1. The Balaban J connectivity index is 1.88. The van der Waals surface area contributed by atoms with Crippen LogP contribution < -0.4 is 4.74 Å². The van der Waals surface area contributed by atoms with Crippen molar-refractivity contribution in [1.29, 1.82) is 0 Å². The zero-order valence-electron chi connectivity index (χ0n) is 14.5. The minimum Gasteiger partial charge on any atom is -0.474 e. The molecule has 0 saturated carbocycles. The molecule has 0 aliphatic carbocycles. The Kier molecular flexibility index (Phi) is 3.71. The molecule has 3 aromatic rings. The molecule has 2 aromatic heterocycles. The van der Waals surface area contributed by atoms with Gasteiger partial charge in [0.25, 0.3) is 0 Å². The number of aryl methyl sites for hydroxylation is 2. The fourth-order valence-corrected chi connectivity index (χ4v) is 3.17. The summed E-state index contributed by atoms with van der Waals surface area (Å²) in [7, 11) is 1.90. The summed E-state index contributed by atoms with van der Waals surface area (Å²) in [6.45, 7) is 4.81. The van der Waals surface area contributed by atoms with Crippen LogP contribution in [0.1, 0.15) is 30.6 Å². The van der Waals surface area contributed by atoms with Crippen molar-refractivity contribution >= 4 is 16.9 Å². The van der Waals surface area contributed by atoms with Crippen molar-refractivity contribution in [1.82, 2.24) is 19.6 Å². The molecule has 1 aromatic carbocycles. The van der Waals surface area contributed by atoms with Crippen LogP contribution >= 0.6 is 0 Å². The highest BCUT2D eigenvalue weighted by molar-refractivity contribution is 5.99. The van der Waals surface area contributed by atoms with E-state index in [1.165, 1.54) is 0 Å². The Labute approximate surface area is 145 Å². The van der Waals surface area contributed by atoms with Gasteiger partial charge in [0.05, 0.1) is 24.4 Å². The first-order valence-electron chi connectivity index (χ1n) is 8.45. The first kappa shape index (κ1) is 15.7. The summed E-state index contributed by atoms with van der Waals surface area (Å²) in [6.07, 6.45) is 2.71. The van der Waals surface area contributed by atoms with Gasteiger partial charge in [0, 0.05) is 31.0 Å². The van der Waals surface area contributed by atoms with E-state index in [9.17, 15) is 4.79 Å². The third-order valence-corrected chi connectivity index (χ3v) is 4.47. The molecule has 7 heteroatoms. The van der Waals surface area contributed by atoms with Crippen molar-refractivity contribution in [3.05, 3.63) is 30.0 Å². The molecule has 0 bridgehead atoms. The highest BCUT2D eigenvalue weighted by Crippen LogP contribution is 2.35. The van der Waals surface area contributed by atoms with Crippen LogP contribution in [-0.2, 0) is 18.3 Å². The molecule has 0 radical (unpaired) electrons. The largest absolute Gasteiger partial charge is 0.474 e. The fraction of sp³-hybridized carbons (Fsp3) is 0.389. The summed E-state index contributed by atoms with van der Waals surface area (Å²) in [5.41, 5.74) is 2.86. The molecule has 7 nitrogen and oxygen atoms in total. The molecule has 3 heterocycles. The summed E-state index contributed by atoms with van der Waals surface area (Å²) < 4.78 is 14.7. The molecular weight excluding hydrogens is 320 g/mol. The monoisotopic (exact) mass is 340 g/mol. The molecule has 1 atom stereocenters. The van der Waals surface area contributed by atoms with E-state index in [0.29, 0.717) is 23.7 Å². The van der Waals surface area contributed by atoms with E-state index in [1.807, 2.05) is 36.9 Å². The number of carbonyl (C=O) groups excluding carboxylic acids is 1. The zero-order chi connectivity index (χ0) is 17.6. The number of fused-ring (bicyclic) bond motifs is 2. The van der Waals surface area contributed by atoms with Crippen LogP contribution in [0.15, 0.2) is 24.4 Å². The molecular formula is C18H20N4O3. The Morgan fingerprint density at radius 2 is 2.28 bits per heavy atom. The average molecular weight is 340 g/mol. The highest BCUT2D eigenvalue weighted by Gasteiger charge is 2.31. The van der Waals surface area contributed by atoms with E-state index in [1.54, 1.807) is 17.8 Å². The number of esters is 1. The third kappa shape index (κ3) is 2.56. The SMILES string of the molecule is CCOC(=O)c1c(-c2ccc3c(cnn3C)c2)nn2c1O[C@H](C)CC2. The summed E-state index contributed by atoms with van der Waals surface area (Å²) in [5, 5.41) is 9.90. The molecule has 0 saturated heterocycles. The van der Waals surface area contributed by atoms with E-state index in [0.717, 1.165) is 29.4 Å². The highest BCUT2D eigenvalue weighted by atomic mass is 16.5. The van der Waals surface area contributed by atoms with E-state index in [2.05, 4.69) is 10.2 Å². The number of hydrogen-bond donors (Lipinski definition) is 0. The predicted octanol–water partition coefficient (Wildman–Crippen LogP) is 2.78. The first-order valence-corrected chi connectivity index (χ1v) is 8.45. The normalized spacial score (nSPS) is 16.5. The fourth-order valence-electron chi connectivity index (χ4n) is 3.17. The second-order valence-corrected chi connectivity index (χ2v) is 6.23. The summed E-state index contributed by atoms with van der Waals surface area (Å²) in [4.78, 5) is 12.6. The lowest BCUT2D eigenvalue weighted by Crippen LogP contribution is -2.24. The van der Waals surface area contributed by atoms with Crippen molar-refractivity contribution in [3.8, 4) is 17.1 Å². The minimum atomic E-state index is -0.404. The second kappa shape index (κ2) is 5.91. The third-order valence-electron chi connectivity index (χ3n) is 4.47. The van der Waals surface area contributed by atoms with E-state index >= 15 is 0 Å². The van der Waals surface area contributed by atoms with Crippen molar-refractivity contribution < 1.29 is 14.3 Å². The second-order valence-electron chi connectivity index (χ2n) is 6.23. The Morgan fingerprint density at radius 1 is 1.44 bits per heavy atom. The van der Waals surface area contributed by atoms with Crippen LogP contribution in [0.5, 0.6) is 5.88 Å². The Hall–Kier alpha value is -2.83. The van der Waals surface area contributed by atoms with Gasteiger partial charge in [-0.3, -0.25) is 4.68 Å². The number of rotatable bonds is 3. The standard InChI is InChI=1S/C18H20N4O3/c1-4-24-18(23)15-16(20-22-8-7-11(2)25-17(15)22)12-5-6-14-13(9-12)10-19-21(14)3/h5-6,9-11H,4,7-8H2,1-3H3/t11-/m1/s1. The summed E-state index contributed by atoms with van der Waals surface area (Å²) in [5.74, 6) is 0.0950. The topological polar surface area (TPSA) is 71.2 Å². The lowest BCUT2D eigenvalue weighted by Gasteiger charge is -2.21. The van der Waals surface area contributed by atoms with Crippen LogP contribution in [0.2, 0.25) is 0 Å². The lowest BCUT2D eigenvalue weighted by molar-refractivity contribution is 0.0515. The average Bonchev–Trinajstić information content (AvgIpc) is 3.15. The molecule has 1 aliphatic heterocycles. The van der Waals surface area contributed by atoms with E-state index < -0.39 is 5.97 Å². The molecule has 0 spiro atoms. The number of aromatic nitrogens is 4. The number of hydrogen-bond acceptors (Lipinski definition) is 5. The van der Waals surface area contributed by atoms with Gasteiger partial charge in [-0.25, -0.2) is 9.48 Å². The predicted molar refractivity (Wildman–Crippen MR) is 92.6 cm³/mol. The van der Waals surface area contributed by atoms with Crippen molar-refractivity contribution in [2.75, 3.05) is 6.61 Å². The number of ether oxygens (including phenoxy) is 2. The van der Waals surface area contributed by atoms with Gasteiger partial charge in [0.2, 0.25) is 5.88 Å². The molecule has 25 heavy (non-hydrogen) atoms. The molecule has 0 amide bonds. The summed E-state index contributed by atoms with van der Waals surface area (Å²) in [6, 6.07) is 5.92. The van der Waals surface area contributed by atoms with Gasteiger partial charge in [0.15, 0.2) is 0 Å². The number of benzene rings is 1. The molecule has 130 valence electrons. The van der Waals surface area contributed by atoms with Gasteiger partial charge in [0.1, 0.15) is 11.3 Å². The maximum absolute atomic E-state index is 12.6. The summed E-state index contributed by atoms with van der Waals surface area (Å²) >= 11 is 0. The molecule has 0 unspecified atom stereocenters. The van der Waals surface area contributed by atoms with Gasteiger partial charge < -0.3 is 9.47 Å². The van der Waals surface area contributed by atoms with Gasteiger partial charge in [-0.1, -0.05) is 6.07 Å². The number of nitrogens with zero attached hydrogens (tertiary/aromatic N) is 4. The number of carbonyl (C=O) groups is 1. The zero-order valence-corrected chi connectivity index (χ0v) is 14.5. The van der Waals surface area contributed by atoms with Crippen molar-refractivity contribution in [2.24, 2.45) is 7.05 Å². The van der Waals surface area contributed by atoms with E-state index in [-0.39, 0.29) is 6.10 Å². The maximum Gasteiger partial charge on any atom is 0.345 e.